The van der Waals surface area contributed by atoms with Gasteiger partial charge in [-0.25, -0.2) is 18.3 Å². The molecule has 1 atom stereocenters. The van der Waals surface area contributed by atoms with Gasteiger partial charge in [-0.3, -0.25) is 9.69 Å². The summed E-state index contributed by atoms with van der Waals surface area (Å²) in [4.78, 5) is 26.4. The number of ether oxygens (including phenoxy) is 1. The molecule has 1 aliphatic heterocycles. The van der Waals surface area contributed by atoms with Crippen LogP contribution in [0.15, 0.2) is 42.6 Å². The van der Waals surface area contributed by atoms with E-state index < -0.39 is 23.8 Å². The van der Waals surface area contributed by atoms with Gasteiger partial charge in [0.1, 0.15) is 17.7 Å². The van der Waals surface area contributed by atoms with Crippen LogP contribution in [0.4, 0.5) is 19.3 Å². The number of benzene rings is 2. The van der Waals surface area contributed by atoms with Gasteiger partial charge in [-0.15, -0.1) is 5.10 Å². The Kier molecular flexibility index (Phi) is 7.06. The molecule has 0 saturated carbocycles. The second kappa shape index (κ2) is 10.2. The Hall–Kier alpha value is -3.86. The minimum Gasteiger partial charge on any atom is -0.442 e. The van der Waals surface area contributed by atoms with Crippen molar-refractivity contribution in [2.45, 2.75) is 26.1 Å². The van der Waals surface area contributed by atoms with Crippen molar-refractivity contribution in [2.24, 2.45) is 0 Å². The van der Waals surface area contributed by atoms with Crippen LogP contribution in [0.3, 0.4) is 0 Å². The lowest BCUT2D eigenvalue weighted by Gasteiger charge is -2.15. The van der Waals surface area contributed by atoms with E-state index in [1.54, 1.807) is 28.9 Å². The molecule has 11 heteroatoms. The molecule has 2 amide bonds. The minimum absolute atomic E-state index is 0. The van der Waals surface area contributed by atoms with Crippen LogP contribution in [-0.4, -0.2) is 65.2 Å². The Balaban J connectivity index is 0.00000361. The van der Waals surface area contributed by atoms with Crippen LogP contribution in [0.5, 0.6) is 0 Å². The molecule has 35 heavy (non-hydrogen) atoms. The standard InChI is InChI=1S/C24H26F2N6O3.H2/c1-15(33)27-10-20-14-32(24(34)35-20)19-8-21(25)23(22(26)9-19)17-6-4-16(5-7-17)11-31-13-18(28-29-31)12-30(2)3;/h4-9,13,20H,10-12,14H2,1-3H3,(H,27,33);1H/t20-;/m0./s1. The molecule has 3 aromatic rings. The fourth-order valence-corrected chi connectivity index (χ4v) is 3.86. The summed E-state index contributed by atoms with van der Waals surface area (Å²) in [6, 6.07) is 9.05. The van der Waals surface area contributed by atoms with Crippen LogP contribution in [0.25, 0.3) is 11.1 Å². The number of carbonyl (C=O) groups is 2. The zero-order chi connectivity index (χ0) is 25.1. The predicted molar refractivity (Wildman–Crippen MR) is 127 cm³/mol. The lowest BCUT2D eigenvalue weighted by atomic mass is 10.0. The van der Waals surface area contributed by atoms with E-state index in [1.165, 1.54) is 6.92 Å². The van der Waals surface area contributed by atoms with Crippen molar-refractivity contribution in [3.8, 4) is 11.1 Å². The van der Waals surface area contributed by atoms with Crippen molar-refractivity contribution in [1.29, 1.82) is 0 Å². The van der Waals surface area contributed by atoms with Crippen molar-refractivity contribution in [3.05, 3.63) is 65.5 Å². The number of hydrogen-bond acceptors (Lipinski definition) is 6. The molecule has 0 radical (unpaired) electrons. The van der Waals surface area contributed by atoms with Crippen molar-refractivity contribution in [1.82, 2.24) is 25.2 Å². The van der Waals surface area contributed by atoms with E-state index >= 15 is 0 Å². The third kappa shape index (κ3) is 5.80. The summed E-state index contributed by atoms with van der Waals surface area (Å²) in [5.74, 6) is -1.85. The number of anilines is 1. The van der Waals surface area contributed by atoms with Gasteiger partial charge >= 0.3 is 6.09 Å². The lowest BCUT2D eigenvalue weighted by molar-refractivity contribution is -0.119. The maximum atomic E-state index is 15.0. The van der Waals surface area contributed by atoms with E-state index in [2.05, 4.69) is 15.6 Å². The zero-order valence-electron chi connectivity index (χ0n) is 19.7. The summed E-state index contributed by atoms with van der Waals surface area (Å²) in [6.45, 7) is 2.70. The number of nitrogens with one attached hydrogen (secondary N) is 1. The molecule has 9 nitrogen and oxygen atoms in total. The Morgan fingerprint density at radius 2 is 1.91 bits per heavy atom. The van der Waals surface area contributed by atoms with E-state index in [0.717, 1.165) is 28.3 Å². The molecule has 1 saturated heterocycles. The van der Waals surface area contributed by atoms with Crippen LogP contribution < -0.4 is 10.2 Å². The highest BCUT2D eigenvalue weighted by molar-refractivity contribution is 5.90. The van der Waals surface area contributed by atoms with Crippen LogP contribution in [0.1, 0.15) is 19.6 Å². The first-order valence-electron chi connectivity index (χ1n) is 11.0. The van der Waals surface area contributed by atoms with Crippen LogP contribution in [-0.2, 0) is 22.6 Å². The number of halogens is 2. The predicted octanol–water partition coefficient (Wildman–Crippen LogP) is 3.04. The van der Waals surface area contributed by atoms with Crippen LogP contribution >= 0.6 is 0 Å². The summed E-state index contributed by atoms with van der Waals surface area (Å²) in [5.41, 5.74) is 1.98. The normalized spacial score (nSPS) is 15.5. The average molecular weight is 487 g/mol. The Labute approximate surface area is 202 Å². The maximum Gasteiger partial charge on any atom is 0.414 e. The first-order chi connectivity index (χ1) is 16.7. The zero-order valence-corrected chi connectivity index (χ0v) is 19.7. The molecule has 0 unspecified atom stereocenters. The van der Waals surface area contributed by atoms with Gasteiger partial charge in [-0.05, 0) is 37.4 Å². The van der Waals surface area contributed by atoms with E-state index in [4.69, 9.17) is 4.74 Å². The molecule has 1 N–H and O–H groups in total. The van der Waals surface area contributed by atoms with Gasteiger partial charge in [0.05, 0.1) is 42.8 Å². The molecular weight excluding hydrogens is 458 g/mol. The molecule has 0 aliphatic carbocycles. The second-order valence-corrected chi connectivity index (χ2v) is 8.68. The molecule has 1 fully saturated rings. The quantitative estimate of drug-likeness (QED) is 0.526. The molecule has 1 aliphatic rings. The highest BCUT2D eigenvalue weighted by atomic mass is 19.1. The number of aromatic nitrogens is 3. The van der Waals surface area contributed by atoms with Crippen molar-refractivity contribution in [3.63, 3.8) is 0 Å². The number of nitrogens with zero attached hydrogens (tertiary/aromatic N) is 5. The number of rotatable bonds is 8. The van der Waals surface area contributed by atoms with Gasteiger partial charge in [0.25, 0.3) is 0 Å². The fraction of sp³-hybridized carbons (Fsp3) is 0.333. The minimum atomic E-state index is -0.796. The monoisotopic (exact) mass is 486 g/mol. The maximum absolute atomic E-state index is 15.0. The third-order valence-corrected chi connectivity index (χ3v) is 5.44. The third-order valence-electron chi connectivity index (χ3n) is 5.44. The van der Waals surface area contributed by atoms with Gasteiger partial charge in [0.15, 0.2) is 0 Å². The highest BCUT2D eigenvalue weighted by Crippen LogP contribution is 2.32. The van der Waals surface area contributed by atoms with Gasteiger partial charge in [-0.1, -0.05) is 29.5 Å². The molecule has 2 aromatic carbocycles. The lowest BCUT2D eigenvalue weighted by Crippen LogP contribution is -2.33. The topological polar surface area (TPSA) is 92.6 Å². The van der Waals surface area contributed by atoms with Crippen LogP contribution in [0, 0.1) is 11.6 Å². The summed E-state index contributed by atoms with van der Waals surface area (Å²) in [5, 5.41) is 10.8. The first kappa shape index (κ1) is 24.3. The Morgan fingerprint density at radius 1 is 1.23 bits per heavy atom. The SMILES string of the molecule is CC(=O)NC[C@H]1CN(c2cc(F)c(-c3ccc(Cn4cc(CN(C)C)nn4)cc3)c(F)c2)C(=O)O1.[HH]. The Bertz CT molecular complexity index is 1210. The Morgan fingerprint density at radius 3 is 2.54 bits per heavy atom. The highest BCUT2D eigenvalue weighted by Gasteiger charge is 2.33. The molecule has 1 aromatic heterocycles. The van der Waals surface area contributed by atoms with E-state index in [-0.39, 0.29) is 31.7 Å². The van der Waals surface area contributed by atoms with Crippen LogP contribution in [0.2, 0.25) is 0 Å². The number of cyclic esters (lactones) is 1. The second-order valence-electron chi connectivity index (χ2n) is 8.68. The van der Waals surface area contributed by atoms with Crippen molar-refractivity contribution < 1.29 is 24.5 Å². The molecule has 0 bridgehead atoms. The number of hydrogen-bond donors (Lipinski definition) is 1. The summed E-state index contributed by atoms with van der Waals surface area (Å²) < 4.78 is 36.8. The number of carbonyl (C=O) groups excluding carboxylic acids is 2. The van der Waals surface area contributed by atoms with Crippen molar-refractivity contribution in [2.75, 3.05) is 32.1 Å². The molecule has 4 rings (SSSR count). The average Bonchev–Trinajstić information content (AvgIpc) is 3.38. The first-order valence-corrected chi connectivity index (χ1v) is 11.0. The molecular formula is C24H28F2N6O3. The van der Waals surface area contributed by atoms with Crippen molar-refractivity contribution >= 4 is 17.7 Å². The van der Waals surface area contributed by atoms with E-state index in [9.17, 15) is 18.4 Å². The molecule has 2 heterocycles. The largest absolute Gasteiger partial charge is 0.442 e. The summed E-state index contributed by atoms with van der Waals surface area (Å²) in [6.07, 6.45) is 0.530. The fourth-order valence-electron chi connectivity index (χ4n) is 3.86. The smallest absolute Gasteiger partial charge is 0.414 e. The summed E-state index contributed by atoms with van der Waals surface area (Å²) in [7, 11) is 3.90. The van der Waals surface area contributed by atoms with E-state index in [1.807, 2.05) is 25.2 Å². The van der Waals surface area contributed by atoms with Gasteiger partial charge in [0, 0.05) is 14.9 Å². The number of amides is 2. The molecule has 0 spiro atoms. The summed E-state index contributed by atoms with van der Waals surface area (Å²) >= 11 is 0. The van der Waals surface area contributed by atoms with Gasteiger partial charge in [0.2, 0.25) is 5.91 Å². The molecule has 186 valence electrons. The van der Waals surface area contributed by atoms with Gasteiger partial charge < -0.3 is 15.0 Å². The van der Waals surface area contributed by atoms with Gasteiger partial charge in [-0.2, -0.15) is 0 Å². The van der Waals surface area contributed by atoms with E-state index in [0.29, 0.717) is 18.7 Å².